The second-order valence-corrected chi connectivity index (χ2v) is 12.3. The van der Waals surface area contributed by atoms with Gasteiger partial charge in [-0.3, -0.25) is 4.79 Å². The number of rotatable bonds is 8. The minimum absolute atomic E-state index is 0.0356. The number of carbonyl (C=O) groups excluding carboxylic acids is 1. The SMILES string of the molecule is [3H]C1([3H])[C@@H](C)CC(C)(C)N1c1nc(-c2cc(F)cc(OCC(C)C)c2)ccc1C(=O)NS(=O)(=O)c1ccccc1. The summed E-state index contributed by atoms with van der Waals surface area (Å²) in [7, 11) is -4.21. The predicted octanol–water partition coefficient (Wildman–Crippen LogP) is 5.67. The average Bonchev–Trinajstić information content (AvgIpc) is 3.03. The van der Waals surface area contributed by atoms with E-state index in [1.807, 2.05) is 27.7 Å². The Kier molecular flexibility index (Phi) is 7.02. The molecule has 2 aromatic carbocycles. The van der Waals surface area contributed by atoms with Crippen molar-refractivity contribution in [3.05, 3.63) is 72.0 Å². The highest BCUT2D eigenvalue weighted by Gasteiger charge is 2.39. The van der Waals surface area contributed by atoms with Crippen LogP contribution in [0.3, 0.4) is 0 Å². The summed E-state index contributed by atoms with van der Waals surface area (Å²) in [6, 6.07) is 14.5. The molecule has 7 nitrogen and oxygen atoms in total. The van der Waals surface area contributed by atoms with Crippen molar-refractivity contribution in [2.75, 3.05) is 18.0 Å². The number of pyridine rings is 1. The highest BCUT2D eigenvalue weighted by Crippen LogP contribution is 2.38. The molecule has 0 saturated carbocycles. The lowest BCUT2D eigenvalue weighted by molar-refractivity contribution is 0.0981. The number of anilines is 1. The van der Waals surface area contributed by atoms with E-state index in [4.69, 9.17) is 7.48 Å². The number of benzene rings is 2. The van der Waals surface area contributed by atoms with Crippen molar-refractivity contribution >= 4 is 21.7 Å². The van der Waals surface area contributed by atoms with Gasteiger partial charge in [-0.25, -0.2) is 22.5 Å². The number of carbonyl (C=O) groups is 1. The molecule has 0 spiro atoms. The molecule has 0 radical (unpaired) electrons. The van der Waals surface area contributed by atoms with E-state index < -0.39 is 39.7 Å². The maximum atomic E-state index is 14.6. The third-order valence-corrected chi connectivity index (χ3v) is 7.47. The zero-order valence-electron chi connectivity index (χ0n) is 24.2. The zero-order valence-corrected chi connectivity index (χ0v) is 23.0. The fourth-order valence-electron chi connectivity index (χ4n) is 4.48. The number of aromatic nitrogens is 1. The molecular weight excluding hydrogens is 505 g/mol. The minimum Gasteiger partial charge on any atom is -0.493 e. The van der Waals surface area contributed by atoms with Crippen LogP contribution in [0, 0.1) is 17.7 Å². The molecule has 1 aliphatic heterocycles. The van der Waals surface area contributed by atoms with Crippen LogP contribution in [-0.4, -0.2) is 38.0 Å². The zero-order chi connectivity index (χ0) is 29.5. The Morgan fingerprint density at radius 2 is 1.92 bits per heavy atom. The summed E-state index contributed by atoms with van der Waals surface area (Å²) in [5, 5.41) is 0. The maximum Gasteiger partial charge on any atom is 0.268 e. The number of amides is 1. The first-order chi connectivity index (χ1) is 18.6. The Morgan fingerprint density at radius 1 is 1.21 bits per heavy atom. The summed E-state index contributed by atoms with van der Waals surface area (Å²) < 4.78 is 66.0. The van der Waals surface area contributed by atoms with Crippen LogP contribution in [0.15, 0.2) is 65.6 Å². The van der Waals surface area contributed by atoms with Crippen LogP contribution in [0.4, 0.5) is 10.2 Å². The van der Waals surface area contributed by atoms with Crippen LogP contribution in [0.5, 0.6) is 5.75 Å². The third kappa shape index (κ3) is 6.15. The van der Waals surface area contributed by atoms with E-state index in [0.29, 0.717) is 24.3 Å². The molecule has 1 amide bonds. The second kappa shape index (κ2) is 10.7. The van der Waals surface area contributed by atoms with Gasteiger partial charge in [0.2, 0.25) is 0 Å². The molecule has 1 saturated heterocycles. The van der Waals surface area contributed by atoms with Gasteiger partial charge in [-0.15, -0.1) is 0 Å². The smallest absolute Gasteiger partial charge is 0.268 e. The van der Waals surface area contributed by atoms with Gasteiger partial charge in [0.25, 0.3) is 15.9 Å². The van der Waals surface area contributed by atoms with Crippen LogP contribution in [0.1, 0.15) is 54.1 Å². The Bertz CT molecular complexity index is 1510. The number of hydrogen-bond acceptors (Lipinski definition) is 6. The van der Waals surface area contributed by atoms with Gasteiger partial charge in [0.05, 0.1) is 22.8 Å². The topological polar surface area (TPSA) is 88.6 Å². The molecule has 1 fully saturated rings. The van der Waals surface area contributed by atoms with Gasteiger partial charge in [-0.2, -0.15) is 0 Å². The van der Waals surface area contributed by atoms with Crippen LogP contribution >= 0.6 is 0 Å². The normalized spacial score (nSPS) is 19.1. The standard InChI is InChI=1S/C29H34FN3O4S/c1-19(2)18-37-23-14-21(13-22(30)15-23)26-12-11-25(27(31-26)33-17-20(3)16-29(33,4)5)28(34)32-38(35,36)24-9-7-6-8-10-24/h6-15,19-20H,16-18H2,1-5H3,(H,32,34)/t20-/m0/s1/i17T2. The molecule has 9 heteroatoms. The first-order valence-electron chi connectivity index (χ1n) is 13.5. The Balaban J connectivity index is 1.83. The highest BCUT2D eigenvalue weighted by molar-refractivity contribution is 7.90. The number of nitrogens with zero attached hydrogens (tertiary/aromatic N) is 2. The van der Waals surface area contributed by atoms with Crippen molar-refractivity contribution < 1.29 is 25.1 Å². The first-order valence-corrected chi connectivity index (χ1v) is 14.0. The number of hydrogen-bond donors (Lipinski definition) is 1. The predicted molar refractivity (Wildman–Crippen MR) is 146 cm³/mol. The summed E-state index contributed by atoms with van der Waals surface area (Å²) in [4.78, 5) is 19.5. The summed E-state index contributed by atoms with van der Waals surface area (Å²) in [6.45, 7) is 7.88. The number of sulfonamides is 1. The maximum absolute atomic E-state index is 14.6. The number of ether oxygens (including phenoxy) is 1. The molecule has 1 atom stereocenters. The molecule has 1 aromatic heterocycles. The largest absolute Gasteiger partial charge is 0.493 e. The molecule has 2 heterocycles. The fraction of sp³-hybridized carbons (Fsp3) is 0.379. The molecule has 0 bridgehead atoms. The lowest BCUT2D eigenvalue weighted by Crippen LogP contribution is -2.41. The van der Waals surface area contributed by atoms with Gasteiger partial charge >= 0.3 is 0 Å². The lowest BCUT2D eigenvalue weighted by atomic mass is 9.97. The van der Waals surface area contributed by atoms with Gasteiger partial charge in [0.15, 0.2) is 0 Å². The quantitative estimate of drug-likeness (QED) is 0.394. The van der Waals surface area contributed by atoms with Gasteiger partial charge in [-0.1, -0.05) is 39.0 Å². The summed E-state index contributed by atoms with van der Waals surface area (Å²) in [5.41, 5.74) is -0.246. The molecule has 0 unspecified atom stereocenters. The van der Waals surface area contributed by atoms with E-state index in [-0.39, 0.29) is 27.9 Å². The van der Waals surface area contributed by atoms with Crippen LogP contribution in [-0.2, 0) is 10.0 Å². The monoisotopic (exact) mass is 543 g/mol. The second-order valence-electron chi connectivity index (χ2n) is 10.6. The van der Waals surface area contributed by atoms with Crippen molar-refractivity contribution in [1.82, 2.24) is 9.71 Å². The van der Waals surface area contributed by atoms with E-state index in [9.17, 15) is 17.6 Å². The van der Waals surface area contributed by atoms with Crippen molar-refractivity contribution in [2.24, 2.45) is 11.8 Å². The Morgan fingerprint density at radius 3 is 2.55 bits per heavy atom. The Labute approximate surface area is 226 Å². The van der Waals surface area contributed by atoms with Crippen molar-refractivity contribution in [3.8, 4) is 17.0 Å². The van der Waals surface area contributed by atoms with E-state index in [1.54, 1.807) is 31.2 Å². The lowest BCUT2D eigenvalue weighted by Gasteiger charge is -2.34. The van der Waals surface area contributed by atoms with Crippen LogP contribution in [0.25, 0.3) is 11.3 Å². The summed E-state index contributed by atoms with van der Waals surface area (Å²) >= 11 is 0. The van der Waals surface area contributed by atoms with E-state index in [1.165, 1.54) is 41.3 Å². The molecule has 4 rings (SSSR count). The Hall–Kier alpha value is -3.46. The molecule has 3 aromatic rings. The van der Waals surface area contributed by atoms with E-state index in [2.05, 4.69) is 9.71 Å². The molecular formula is C29H34FN3O4S. The van der Waals surface area contributed by atoms with Crippen molar-refractivity contribution in [1.29, 1.82) is 0 Å². The summed E-state index contributed by atoms with van der Waals surface area (Å²) in [6.07, 6.45) is 0.461. The highest BCUT2D eigenvalue weighted by atomic mass is 32.2. The average molecular weight is 544 g/mol. The van der Waals surface area contributed by atoms with Gasteiger partial charge in [-0.05, 0) is 68.5 Å². The summed E-state index contributed by atoms with van der Waals surface area (Å²) in [5.74, 6) is -1.41. The van der Waals surface area contributed by atoms with Crippen molar-refractivity contribution in [3.63, 3.8) is 0 Å². The van der Waals surface area contributed by atoms with Gasteiger partial charge in [0, 0.05) is 26.4 Å². The molecule has 38 heavy (non-hydrogen) atoms. The first kappa shape index (κ1) is 24.9. The van der Waals surface area contributed by atoms with Crippen molar-refractivity contribution in [2.45, 2.75) is 51.5 Å². The van der Waals surface area contributed by atoms with Crippen LogP contribution < -0.4 is 14.4 Å². The van der Waals surface area contributed by atoms with Gasteiger partial charge < -0.3 is 9.64 Å². The van der Waals surface area contributed by atoms with Crippen LogP contribution in [0.2, 0.25) is 0 Å². The number of nitrogens with one attached hydrogen (secondary N) is 1. The van der Waals surface area contributed by atoms with E-state index in [0.717, 1.165) is 0 Å². The minimum atomic E-state index is -4.21. The third-order valence-electron chi connectivity index (χ3n) is 6.12. The fourth-order valence-corrected chi connectivity index (χ4v) is 5.47. The molecule has 1 N–H and O–H groups in total. The molecule has 1 aliphatic rings. The number of halogens is 1. The molecule has 0 aliphatic carbocycles. The van der Waals surface area contributed by atoms with Gasteiger partial charge in [0.1, 0.15) is 17.4 Å². The van der Waals surface area contributed by atoms with E-state index >= 15 is 0 Å². The molecule has 202 valence electrons.